The van der Waals surface area contributed by atoms with Crippen LogP contribution in [0.15, 0.2) is 36.4 Å². The van der Waals surface area contributed by atoms with E-state index in [1.54, 1.807) is 0 Å². The first-order valence-corrected chi connectivity index (χ1v) is 5.64. The minimum Gasteiger partial charge on any atom is -0.481 e. The molecule has 0 fully saturated rings. The van der Waals surface area contributed by atoms with Crippen LogP contribution >= 0.6 is 0 Å². The second kappa shape index (κ2) is 9.97. The van der Waals surface area contributed by atoms with Crippen molar-refractivity contribution in [1.82, 2.24) is 0 Å². The van der Waals surface area contributed by atoms with Gasteiger partial charge in [-0.1, -0.05) is 56.3 Å². The summed E-state index contributed by atoms with van der Waals surface area (Å²) in [5.41, 5.74) is 1.28. The highest BCUT2D eigenvalue weighted by Crippen LogP contribution is 2.00. The Labute approximate surface area is 97.6 Å². The van der Waals surface area contributed by atoms with E-state index in [2.05, 4.69) is 43.3 Å². The summed E-state index contributed by atoms with van der Waals surface area (Å²) >= 11 is 0. The molecular formula is C14H20O2. The van der Waals surface area contributed by atoms with E-state index in [0.29, 0.717) is 6.42 Å². The minimum absolute atomic E-state index is 0.292. The van der Waals surface area contributed by atoms with Gasteiger partial charge in [0.25, 0.3) is 0 Å². The fraction of sp³-hybridized carbons (Fsp3) is 0.357. The third-order valence-corrected chi connectivity index (χ3v) is 1.81. The molecule has 0 unspecified atom stereocenters. The zero-order chi connectivity index (χ0) is 12.2. The Balaban J connectivity index is 0.000000325. The first-order valence-electron chi connectivity index (χ1n) is 5.64. The van der Waals surface area contributed by atoms with Gasteiger partial charge in [-0.05, 0) is 18.4 Å². The van der Waals surface area contributed by atoms with E-state index in [0.717, 1.165) is 12.8 Å². The van der Waals surface area contributed by atoms with E-state index in [1.165, 1.54) is 5.56 Å². The van der Waals surface area contributed by atoms with Gasteiger partial charge in [-0.15, -0.1) is 0 Å². The number of benzene rings is 1. The Morgan fingerprint density at radius 3 is 2.25 bits per heavy atom. The summed E-state index contributed by atoms with van der Waals surface area (Å²) in [6, 6.07) is 10.3. The molecule has 0 aliphatic carbocycles. The lowest BCUT2D eigenvalue weighted by Gasteiger charge is -1.88. The number of hydrogen-bond acceptors (Lipinski definition) is 1. The van der Waals surface area contributed by atoms with Crippen LogP contribution in [0, 0.1) is 0 Å². The van der Waals surface area contributed by atoms with Gasteiger partial charge in [0.2, 0.25) is 0 Å². The maximum Gasteiger partial charge on any atom is 0.303 e. The third-order valence-electron chi connectivity index (χ3n) is 1.81. The topological polar surface area (TPSA) is 37.3 Å². The van der Waals surface area contributed by atoms with Crippen LogP contribution in [-0.4, -0.2) is 11.1 Å². The summed E-state index contributed by atoms with van der Waals surface area (Å²) in [5.74, 6) is -0.711. The molecule has 1 aromatic rings. The van der Waals surface area contributed by atoms with E-state index < -0.39 is 5.97 Å². The number of carboxylic acids is 1. The van der Waals surface area contributed by atoms with Crippen LogP contribution in [0.4, 0.5) is 0 Å². The molecule has 0 atom stereocenters. The van der Waals surface area contributed by atoms with Crippen LogP contribution in [0.25, 0.3) is 6.08 Å². The maximum absolute atomic E-state index is 9.60. The Kier molecular flexibility index (Phi) is 8.99. The molecule has 0 radical (unpaired) electrons. The molecule has 2 nitrogen and oxygen atoms in total. The Morgan fingerprint density at radius 1 is 1.25 bits per heavy atom. The lowest BCUT2D eigenvalue weighted by Crippen LogP contribution is -1.90. The molecule has 1 aromatic carbocycles. The molecule has 2 heteroatoms. The monoisotopic (exact) mass is 220 g/mol. The Hall–Kier alpha value is -1.57. The van der Waals surface area contributed by atoms with Gasteiger partial charge in [-0.2, -0.15) is 0 Å². The largest absolute Gasteiger partial charge is 0.481 e. The number of carbonyl (C=O) groups is 1. The lowest BCUT2D eigenvalue weighted by molar-refractivity contribution is -0.137. The molecule has 0 saturated heterocycles. The van der Waals surface area contributed by atoms with Crippen LogP contribution in [0.2, 0.25) is 0 Å². The van der Waals surface area contributed by atoms with E-state index in [9.17, 15) is 4.79 Å². The summed E-state index contributed by atoms with van der Waals surface area (Å²) < 4.78 is 0. The normalized spacial score (nSPS) is 9.62. The first-order chi connectivity index (χ1) is 7.70. The van der Waals surface area contributed by atoms with Gasteiger partial charge >= 0.3 is 5.97 Å². The molecule has 0 aromatic heterocycles. The molecule has 1 rings (SSSR count). The van der Waals surface area contributed by atoms with Crippen molar-refractivity contribution >= 4 is 12.0 Å². The van der Waals surface area contributed by atoms with Crippen molar-refractivity contribution in [2.24, 2.45) is 0 Å². The van der Waals surface area contributed by atoms with E-state index >= 15 is 0 Å². The zero-order valence-electron chi connectivity index (χ0n) is 10.0. The quantitative estimate of drug-likeness (QED) is 0.833. The molecule has 0 amide bonds. The second-order valence-electron chi connectivity index (χ2n) is 3.37. The van der Waals surface area contributed by atoms with Gasteiger partial charge in [0, 0.05) is 6.42 Å². The SMILES string of the molecule is CC/C=C\c1ccccc1.CCCC(=O)O. The molecule has 0 aliphatic rings. The summed E-state index contributed by atoms with van der Waals surface area (Å²) in [4.78, 5) is 9.60. The predicted octanol–water partition coefficient (Wildman–Crippen LogP) is 3.98. The average Bonchev–Trinajstić information content (AvgIpc) is 2.28. The van der Waals surface area contributed by atoms with Gasteiger partial charge in [-0.3, -0.25) is 4.79 Å². The van der Waals surface area contributed by atoms with Crippen molar-refractivity contribution in [3.63, 3.8) is 0 Å². The van der Waals surface area contributed by atoms with Crippen molar-refractivity contribution in [3.8, 4) is 0 Å². The van der Waals surface area contributed by atoms with Gasteiger partial charge in [0.05, 0.1) is 0 Å². The molecular weight excluding hydrogens is 200 g/mol. The summed E-state index contributed by atoms with van der Waals surface area (Å²) in [6.07, 6.45) is 6.43. The smallest absolute Gasteiger partial charge is 0.303 e. The van der Waals surface area contributed by atoms with Crippen LogP contribution in [0.1, 0.15) is 38.7 Å². The predicted molar refractivity (Wildman–Crippen MR) is 68.3 cm³/mol. The lowest BCUT2D eigenvalue weighted by atomic mass is 10.2. The summed E-state index contributed by atoms with van der Waals surface area (Å²) in [5, 5.41) is 7.91. The van der Waals surface area contributed by atoms with Crippen LogP contribution < -0.4 is 0 Å². The Bertz CT molecular complexity index is 302. The van der Waals surface area contributed by atoms with Crippen molar-refractivity contribution in [1.29, 1.82) is 0 Å². The van der Waals surface area contributed by atoms with Gasteiger partial charge in [-0.25, -0.2) is 0 Å². The van der Waals surface area contributed by atoms with Crippen molar-refractivity contribution in [2.45, 2.75) is 33.1 Å². The highest BCUT2D eigenvalue weighted by molar-refractivity contribution is 5.66. The molecule has 0 saturated carbocycles. The number of carboxylic acid groups (broad SMARTS) is 1. The van der Waals surface area contributed by atoms with E-state index in [-0.39, 0.29) is 0 Å². The molecule has 0 bridgehead atoms. The fourth-order valence-electron chi connectivity index (χ4n) is 1.03. The Morgan fingerprint density at radius 2 is 1.88 bits per heavy atom. The molecule has 0 heterocycles. The summed E-state index contributed by atoms with van der Waals surface area (Å²) in [7, 11) is 0. The van der Waals surface area contributed by atoms with Gasteiger partial charge < -0.3 is 5.11 Å². The number of aliphatic carboxylic acids is 1. The van der Waals surface area contributed by atoms with Crippen LogP contribution in [-0.2, 0) is 4.79 Å². The van der Waals surface area contributed by atoms with E-state index in [4.69, 9.17) is 5.11 Å². The average molecular weight is 220 g/mol. The van der Waals surface area contributed by atoms with Crippen LogP contribution in [0.3, 0.4) is 0 Å². The molecule has 0 spiro atoms. The van der Waals surface area contributed by atoms with E-state index in [1.807, 2.05) is 13.0 Å². The van der Waals surface area contributed by atoms with Gasteiger partial charge in [0.1, 0.15) is 0 Å². The third kappa shape index (κ3) is 9.00. The van der Waals surface area contributed by atoms with Crippen molar-refractivity contribution in [3.05, 3.63) is 42.0 Å². The summed E-state index contributed by atoms with van der Waals surface area (Å²) in [6.45, 7) is 3.98. The van der Waals surface area contributed by atoms with Crippen LogP contribution in [0.5, 0.6) is 0 Å². The van der Waals surface area contributed by atoms with Gasteiger partial charge in [0.15, 0.2) is 0 Å². The highest BCUT2D eigenvalue weighted by Gasteiger charge is 1.87. The molecule has 16 heavy (non-hydrogen) atoms. The van der Waals surface area contributed by atoms with Crippen molar-refractivity contribution in [2.75, 3.05) is 0 Å². The first kappa shape index (κ1) is 14.4. The minimum atomic E-state index is -0.711. The van der Waals surface area contributed by atoms with Crippen molar-refractivity contribution < 1.29 is 9.90 Å². The molecule has 88 valence electrons. The number of allylic oxidation sites excluding steroid dienone is 1. The molecule has 1 N–H and O–H groups in total. The zero-order valence-corrected chi connectivity index (χ0v) is 10.0. The number of rotatable bonds is 4. The highest BCUT2D eigenvalue weighted by atomic mass is 16.4. The maximum atomic E-state index is 9.60. The molecule has 0 aliphatic heterocycles. The second-order valence-corrected chi connectivity index (χ2v) is 3.37. The number of hydrogen-bond donors (Lipinski definition) is 1. The standard InChI is InChI=1S/C10H12.C4H8O2/c1-2-3-7-10-8-5-4-6-9-10;1-2-3-4(5)6/h3-9H,2H2,1H3;2-3H2,1H3,(H,5,6)/b7-3-;. The fourth-order valence-corrected chi connectivity index (χ4v) is 1.03.